The van der Waals surface area contributed by atoms with Crippen LogP contribution in [-0.2, 0) is 22.7 Å². The Bertz CT molecular complexity index is 1360. The fraction of sp³-hybridized carbons (Fsp3) is 0.174. The molecule has 4 rings (SSSR count). The van der Waals surface area contributed by atoms with E-state index in [-0.39, 0.29) is 11.4 Å². The van der Waals surface area contributed by atoms with E-state index < -0.39 is 15.8 Å². The number of nitrogens with zero attached hydrogens (tertiary/aromatic N) is 3. The SMILES string of the molecule is CS(=O)(=O)CCc1ccc2c(Cc3cccc(C(=O)O)n3)c(-c3ccccc3)nn2c1. The van der Waals surface area contributed by atoms with Crippen LogP contribution in [0.15, 0.2) is 66.9 Å². The van der Waals surface area contributed by atoms with Crippen LogP contribution in [0, 0.1) is 0 Å². The zero-order valence-corrected chi connectivity index (χ0v) is 17.7. The number of pyridine rings is 2. The second-order valence-corrected chi connectivity index (χ2v) is 9.70. The number of hydrogen-bond acceptors (Lipinski definition) is 5. The number of aryl methyl sites for hydroxylation is 1. The smallest absolute Gasteiger partial charge is 0.354 e. The molecule has 0 saturated carbocycles. The number of carboxylic acid groups (broad SMARTS) is 1. The van der Waals surface area contributed by atoms with Crippen LogP contribution in [0.1, 0.15) is 27.3 Å². The first kappa shape index (κ1) is 20.7. The Balaban J connectivity index is 1.79. The summed E-state index contributed by atoms with van der Waals surface area (Å²) in [5.74, 6) is -0.995. The van der Waals surface area contributed by atoms with Crippen molar-refractivity contribution in [3.8, 4) is 11.3 Å². The molecule has 7 nitrogen and oxygen atoms in total. The molecule has 1 N–H and O–H groups in total. The number of rotatable bonds is 7. The standard InChI is InChI=1S/C23H21N3O4S/c1-31(29,30)13-12-16-10-11-21-19(14-18-8-5-9-20(24-18)23(27)28)22(25-26(21)15-16)17-6-3-2-4-7-17/h2-11,15H,12-14H2,1H3,(H,27,28). The topological polar surface area (TPSA) is 102 Å². The van der Waals surface area contributed by atoms with Gasteiger partial charge in [-0.1, -0.05) is 42.5 Å². The van der Waals surface area contributed by atoms with Crippen LogP contribution in [0.2, 0.25) is 0 Å². The van der Waals surface area contributed by atoms with Gasteiger partial charge in [0.1, 0.15) is 15.5 Å². The van der Waals surface area contributed by atoms with Crippen LogP contribution in [0.4, 0.5) is 0 Å². The van der Waals surface area contributed by atoms with E-state index in [2.05, 4.69) is 4.98 Å². The highest BCUT2D eigenvalue weighted by Gasteiger charge is 2.17. The maximum Gasteiger partial charge on any atom is 0.354 e. The van der Waals surface area contributed by atoms with E-state index in [1.807, 2.05) is 48.7 Å². The first-order valence-corrected chi connectivity index (χ1v) is 11.8. The average molecular weight is 436 g/mol. The van der Waals surface area contributed by atoms with Crippen molar-refractivity contribution >= 4 is 21.3 Å². The summed E-state index contributed by atoms with van der Waals surface area (Å²) in [5.41, 5.74) is 5.01. The summed E-state index contributed by atoms with van der Waals surface area (Å²) >= 11 is 0. The van der Waals surface area contributed by atoms with Crippen LogP contribution in [-0.4, -0.2) is 46.1 Å². The van der Waals surface area contributed by atoms with E-state index in [1.54, 1.807) is 16.6 Å². The monoisotopic (exact) mass is 435 g/mol. The first-order valence-electron chi connectivity index (χ1n) is 9.73. The highest BCUT2D eigenvalue weighted by molar-refractivity contribution is 7.90. The number of aromatic nitrogens is 3. The number of hydrogen-bond donors (Lipinski definition) is 1. The Morgan fingerprint density at radius 2 is 1.81 bits per heavy atom. The Morgan fingerprint density at radius 1 is 1.03 bits per heavy atom. The molecule has 0 fully saturated rings. The molecule has 0 aliphatic rings. The van der Waals surface area contributed by atoms with Crippen molar-refractivity contribution in [3.05, 3.63) is 89.4 Å². The largest absolute Gasteiger partial charge is 0.477 e. The molecule has 0 aliphatic heterocycles. The number of carboxylic acids is 1. The molecule has 0 atom stereocenters. The van der Waals surface area contributed by atoms with E-state index in [4.69, 9.17) is 5.10 Å². The van der Waals surface area contributed by atoms with Gasteiger partial charge in [-0.05, 0) is 30.2 Å². The van der Waals surface area contributed by atoms with Crippen molar-refractivity contribution in [2.45, 2.75) is 12.8 Å². The van der Waals surface area contributed by atoms with Gasteiger partial charge in [-0.2, -0.15) is 5.10 Å². The minimum absolute atomic E-state index is 0.00158. The Labute approximate surface area is 179 Å². The maximum absolute atomic E-state index is 11.5. The summed E-state index contributed by atoms with van der Waals surface area (Å²) in [6, 6.07) is 18.5. The fourth-order valence-electron chi connectivity index (χ4n) is 3.47. The van der Waals surface area contributed by atoms with Crippen LogP contribution in [0.5, 0.6) is 0 Å². The van der Waals surface area contributed by atoms with Gasteiger partial charge in [0.25, 0.3) is 0 Å². The number of carbonyl (C=O) groups is 1. The van der Waals surface area contributed by atoms with Crippen LogP contribution in [0.25, 0.3) is 16.8 Å². The summed E-state index contributed by atoms with van der Waals surface area (Å²) in [4.78, 5) is 15.6. The molecule has 8 heteroatoms. The Kier molecular flexibility index (Phi) is 5.56. The maximum atomic E-state index is 11.5. The lowest BCUT2D eigenvalue weighted by molar-refractivity contribution is 0.0690. The van der Waals surface area contributed by atoms with Crippen LogP contribution in [0.3, 0.4) is 0 Å². The van der Waals surface area contributed by atoms with Gasteiger partial charge in [0.05, 0.1) is 17.0 Å². The molecule has 0 unspecified atom stereocenters. The lowest BCUT2D eigenvalue weighted by atomic mass is 10.0. The average Bonchev–Trinajstić information content (AvgIpc) is 3.10. The predicted octanol–water partition coefficient (Wildman–Crippen LogP) is 3.27. The Morgan fingerprint density at radius 3 is 2.52 bits per heavy atom. The first-order chi connectivity index (χ1) is 14.8. The lowest BCUT2D eigenvalue weighted by Crippen LogP contribution is -2.06. The molecule has 4 aromatic rings. The molecule has 0 spiro atoms. The lowest BCUT2D eigenvalue weighted by Gasteiger charge is -2.05. The third-order valence-corrected chi connectivity index (χ3v) is 5.93. The molecule has 0 saturated heterocycles. The van der Waals surface area contributed by atoms with Gasteiger partial charge in [-0.3, -0.25) is 0 Å². The molecule has 158 valence electrons. The molecule has 0 radical (unpaired) electrons. The van der Waals surface area contributed by atoms with E-state index >= 15 is 0 Å². The van der Waals surface area contributed by atoms with Gasteiger partial charge < -0.3 is 5.11 Å². The minimum Gasteiger partial charge on any atom is -0.477 e. The highest BCUT2D eigenvalue weighted by atomic mass is 32.2. The summed E-state index contributed by atoms with van der Waals surface area (Å²) in [6.07, 6.45) is 3.89. The van der Waals surface area contributed by atoms with E-state index in [9.17, 15) is 18.3 Å². The molecule has 0 aliphatic carbocycles. The zero-order chi connectivity index (χ0) is 22.0. The molecular formula is C23H21N3O4S. The van der Waals surface area contributed by atoms with Crippen molar-refractivity contribution in [3.63, 3.8) is 0 Å². The van der Waals surface area contributed by atoms with Gasteiger partial charge in [0.2, 0.25) is 0 Å². The van der Waals surface area contributed by atoms with Gasteiger partial charge in [0.15, 0.2) is 0 Å². The molecule has 3 aromatic heterocycles. The van der Waals surface area contributed by atoms with Gasteiger partial charge in [0, 0.05) is 35.7 Å². The number of benzene rings is 1. The van der Waals surface area contributed by atoms with E-state index in [1.165, 1.54) is 12.3 Å². The number of sulfone groups is 1. The molecule has 0 amide bonds. The number of aromatic carboxylic acids is 1. The fourth-order valence-corrected chi connectivity index (χ4v) is 4.08. The van der Waals surface area contributed by atoms with E-state index in [0.717, 1.165) is 27.9 Å². The normalized spacial score (nSPS) is 11.6. The summed E-state index contributed by atoms with van der Waals surface area (Å²) in [5, 5.41) is 14.0. The Hall–Kier alpha value is -3.52. The van der Waals surface area contributed by atoms with Crippen molar-refractivity contribution in [2.75, 3.05) is 12.0 Å². The zero-order valence-electron chi connectivity index (χ0n) is 16.9. The van der Waals surface area contributed by atoms with Crippen molar-refractivity contribution < 1.29 is 18.3 Å². The van der Waals surface area contributed by atoms with Gasteiger partial charge in [-0.25, -0.2) is 22.7 Å². The van der Waals surface area contributed by atoms with Crippen LogP contribution >= 0.6 is 0 Å². The van der Waals surface area contributed by atoms with Gasteiger partial charge >= 0.3 is 5.97 Å². The second kappa shape index (κ2) is 8.31. The molecule has 1 aromatic carbocycles. The highest BCUT2D eigenvalue weighted by Crippen LogP contribution is 2.28. The minimum atomic E-state index is -3.06. The summed E-state index contributed by atoms with van der Waals surface area (Å²) < 4.78 is 24.8. The number of fused-ring (bicyclic) bond motifs is 1. The van der Waals surface area contributed by atoms with Gasteiger partial charge in [-0.15, -0.1) is 0 Å². The van der Waals surface area contributed by atoms with E-state index in [0.29, 0.717) is 18.5 Å². The summed E-state index contributed by atoms with van der Waals surface area (Å²) in [7, 11) is -3.06. The molecule has 31 heavy (non-hydrogen) atoms. The third kappa shape index (κ3) is 4.80. The summed E-state index contributed by atoms with van der Waals surface area (Å²) in [6.45, 7) is 0. The molecule has 3 heterocycles. The molecular weight excluding hydrogens is 414 g/mol. The van der Waals surface area contributed by atoms with Crippen LogP contribution < -0.4 is 0 Å². The third-order valence-electron chi connectivity index (χ3n) is 4.99. The quantitative estimate of drug-likeness (QED) is 0.478. The predicted molar refractivity (Wildman–Crippen MR) is 118 cm³/mol. The second-order valence-electron chi connectivity index (χ2n) is 7.44. The van der Waals surface area contributed by atoms with Crippen molar-refractivity contribution in [1.29, 1.82) is 0 Å². The molecule has 0 bridgehead atoms. The van der Waals surface area contributed by atoms with Crippen molar-refractivity contribution in [2.24, 2.45) is 0 Å². The van der Waals surface area contributed by atoms with Crippen molar-refractivity contribution in [1.82, 2.24) is 14.6 Å².